The van der Waals surface area contributed by atoms with Gasteiger partial charge in [0.1, 0.15) is 5.41 Å². The molecule has 0 radical (unpaired) electrons. The molecule has 1 rings (SSSR count). The van der Waals surface area contributed by atoms with Crippen molar-refractivity contribution in [3.8, 4) is 0 Å². The molecule has 94 valence electrons. The molecule has 0 bridgehead atoms. The number of hydrogen-bond acceptors (Lipinski definition) is 4. The van der Waals surface area contributed by atoms with Crippen LogP contribution in [-0.2, 0) is 9.59 Å². The van der Waals surface area contributed by atoms with Gasteiger partial charge in [0.05, 0.1) is 6.10 Å². The van der Waals surface area contributed by atoms with Crippen LogP contribution in [0.25, 0.3) is 0 Å². The number of aliphatic hydroxyl groups excluding tert-OH is 1. The van der Waals surface area contributed by atoms with Gasteiger partial charge in [-0.05, 0) is 19.4 Å². The molecular formula is C10H19NO5. The number of piperidine rings is 1. The maximum atomic E-state index is 11.1. The number of nitrogens with one attached hydrogen (secondary N) is 1. The van der Waals surface area contributed by atoms with Crippen molar-refractivity contribution in [1.82, 2.24) is 5.32 Å². The molecule has 1 saturated heterocycles. The molecule has 1 fully saturated rings. The number of rotatable bonds is 3. The molecule has 0 saturated carbocycles. The van der Waals surface area contributed by atoms with E-state index in [1.807, 2.05) is 6.92 Å². The van der Waals surface area contributed by atoms with E-state index in [2.05, 4.69) is 5.32 Å². The first-order valence-corrected chi connectivity index (χ1v) is 5.25. The molecule has 2 atom stereocenters. The molecule has 1 aliphatic rings. The van der Waals surface area contributed by atoms with Gasteiger partial charge in [-0.15, -0.1) is 0 Å². The third-order valence-electron chi connectivity index (χ3n) is 2.79. The second-order valence-corrected chi connectivity index (χ2v) is 3.80. The van der Waals surface area contributed by atoms with E-state index in [1.54, 1.807) is 0 Å². The summed E-state index contributed by atoms with van der Waals surface area (Å²) in [6.45, 7) is 2.78. The van der Waals surface area contributed by atoms with Crippen molar-refractivity contribution in [2.75, 3.05) is 13.1 Å². The molecule has 0 unspecified atom stereocenters. The van der Waals surface area contributed by atoms with Gasteiger partial charge in [0.25, 0.3) is 6.47 Å². The Morgan fingerprint density at radius 3 is 2.56 bits per heavy atom. The lowest BCUT2D eigenvalue weighted by Crippen LogP contribution is -2.54. The van der Waals surface area contributed by atoms with E-state index in [1.165, 1.54) is 0 Å². The minimum Gasteiger partial charge on any atom is -0.483 e. The quantitative estimate of drug-likeness (QED) is 0.508. The Labute approximate surface area is 94.3 Å². The zero-order chi connectivity index (χ0) is 12.6. The Morgan fingerprint density at radius 1 is 1.62 bits per heavy atom. The molecule has 0 aromatic carbocycles. The number of carboxylic acids is 1. The highest BCUT2D eigenvalue weighted by Gasteiger charge is 2.45. The summed E-state index contributed by atoms with van der Waals surface area (Å²) >= 11 is 0. The van der Waals surface area contributed by atoms with Crippen LogP contribution < -0.4 is 5.32 Å². The van der Waals surface area contributed by atoms with Crippen LogP contribution in [0.1, 0.15) is 26.2 Å². The van der Waals surface area contributed by atoms with Crippen molar-refractivity contribution in [2.24, 2.45) is 5.41 Å². The van der Waals surface area contributed by atoms with Crippen LogP contribution in [0.2, 0.25) is 0 Å². The summed E-state index contributed by atoms with van der Waals surface area (Å²) in [6.07, 6.45) is 1.15. The van der Waals surface area contributed by atoms with Gasteiger partial charge in [0.2, 0.25) is 0 Å². The summed E-state index contributed by atoms with van der Waals surface area (Å²) in [6, 6.07) is 0. The van der Waals surface area contributed by atoms with Gasteiger partial charge in [-0.1, -0.05) is 13.3 Å². The lowest BCUT2D eigenvalue weighted by Gasteiger charge is -2.38. The van der Waals surface area contributed by atoms with Crippen LogP contribution in [0.3, 0.4) is 0 Å². The van der Waals surface area contributed by atoms with E-state index in [9.17, 15) is 9.90 Å². The summed E-state index contributed by atoms with van der Waals surface area (Å²) in [4.78, 5) is 19.4. The Balaban J connectivity index is 0.000000673. The second-order valence-electron chi connectivity index (χ2n) is 3.80. The first-order chi connectivity index (χ1) is 7.55. The highest BCUT2D eigenvalue weighted by atomic mass is 16.4. The van der Waals surface area contributed by atoms with E-state index in [-0.39, 0.29) is 6.47 Å². The highest BCUT2D eigenvalue weighted by Crippen LogP contribution is 2.32. The maximum Gasteiger partial charge on any atom is 0.313 e. The zero-order valence-electron chi connectivity index (χ0n) is 9.35. The lowest BCUT2D eigenvalue weighted by atomic mass is 9.75. The number of hydrogen-bond donors (Lipinski definition) is 4. The van der Waals surface area contributed by atoms with Crippen molar-refractivity contribution >= 4 is 12.4 Å². The Kier molecular flexibility index (Phi) is 6.67. The van der Waals surface area contributed by atoms with Crippen LogP contribution >= 0.6 is 0 Å². The fourth-order valence-corrected chi connectivity index (χ4v) is 1.97. The van der Waals surface area contributed by atoms with E-state index < -0.39 is 17.5 Å². The van der Waals surface area contributed by atoms with E-state index in [4.69, 9.17) is 15.0 Å². The molecule has 0 spiro atoms. The fraction of sp³-hybridized carbons (Fsp3) is 0.800. The third-order valence-corrected chi connectivity index (χ3v) is 2.79. The molecular weight excluding hydrogens is 214 g/mol. The molecule has 0 aromatic rings. The molecule has 6 nitrogen and oxygen atoms in total. The van der Waals surface area contributed by atoms with Crippen LogP contribution in [-0.4, -0.2) is 47.0 Å². The van der Waals surface area contributed by atoms with Gasteiger partial charge in [-0.2, -0.15) is 0 Å². The Morgan fingerprint density at radius 2 is 2.19 bits per heavy atom. The average molecular weight is 233 g/mol. The number of aliphatic carboxylic acids is 1. The molecule has 0 aromatic heterocycles. The standard InChI is InChI=1S/C9H17NO3.CH2O2/c1-2-4-9(8(12)13)6-10-5-3-7(9)11;2-1-3/h7,10-11H,2-6H2,1H3,(H,12,13);1H,(H,2,3)/t7-,9-;/m0./s1. The van der Waals surface area contributed by atoms with E-state index >= 15 is 0 Å². The average Bonchev–Trinajstić information content (AvgIpc) is 2.22. The third kappa shape index (κ3) is 3.46. The largest absolute Gasteiger partial charge is 0.483 e. The number of aliphatic hydroxyl groups is 1. The molecule has 0 amide bonds. The van der Waals surface area contributed by atoms with Gasteiger partial charge in [0.15, 0.2) is 0 Å². The zero-order valence-corrected chi connectivity index (χ0v) is 9.35. The highest BCUT2D eigenvalue weighted by molar-refractivity contribution is 5.76. The summed E-state index contributed by atoms with van der Waals surface area (Å²) in [5.41, 5.74) is -0.951. The van der Waals surface area contributed by atoms with Gasteiger partial charge >= 0.3 is 5.97 Å². The first-order valence-electron chi connectivity index (χ1n) is 5.25. The molecule has 1 aliphatic heterocycles. The monoisotopic (exact) mass is 233 g/mol. The molecule has 4 N–H and O–H groups in total. The van der Waals surface area contributed by atoms with Crippen LogP contribution in [0.15, 0.2) is 0 Å². The van der Waals surface area contributed by atoms with Gasteiger partial charge in [0, 0.05) is 6.54 Å². The van der Waals surface area contributed by atoms with Crippen LogP contribution in [0, 0.1) is 5.41 Å². The predicted octanol–water partition coefficient (Wildman–Crippen LogP) is -0.0875. The van der Waals surface area contributed by atoms with E-state index in [0.717, 1.165) is 6.42 Å². The summed E-state index contributed by atoms with van der Waals surface area (Å²) in [5, 5.41) is 28.7. The fourth-order valence-electron chi connectivity index (χ4n) is 1.97. The second kappa shape index (κ2) is 7.19. The molecule has 0 aliphatic carbocycles. The minimum absolute atomic E-state index is 0.250. The van der Waals surface area contributed by atoms with Crippen molar-refractivity contribution in [1.29, 1.82) is 0 Å². The number of carboxylic acid groups (broad SMARTS) is 2. The maximum absolute atomic E-state index is 11.1. The van der Waals surface area contributed by atoms with Crippen molar-refractivity contribution in [3.63, 3.8) is 0 Å². The van der Waals surface area contributed by atoms with Crippen molar-refractivity contribution in [3.05, 3.63) is 0 Å². The molecule has 16 heavy (non-hydrogen) atoms. The normalized spacial score (nSPS) is 28.8. The van der Waals surface area contributed by atoms with Gasteiger partial charge in [-0.3, -0.25) is 9.59 Å². The lowest BCUT2D eigenvalue weighted by molar-refractivity contribution is -0.159. The molecule has 6 heteroatoms. The molecule has 1 heterocycles. The van der Waals surface area contributed by atoms with Crippen LogP contribution in [0.5, 0.6) is 0 Å². The van der Waals surface area contributed by atoms with Gasteiger partial charge < -0.3 is 20.6 Å². The Hall–Kier alpha value is -1.14. The van der Waals surface area contributed by atoms with Crippen LogP contribution in [0.4, 0.5) is 0 Å². The summed E-state index contributed by atoms with van der Waals surface area (Å²) in [5.74, 6) is -0.881. The SMILES string of the molecule is CCC[C@]1(C(=O)O)CNCC[C@@H]1O.O=CO. The summed E-state index contributed by atoms with van der Waals surface area (Å²) < 4.78 is 0. The predicted molar refractivity (Wildman–Crippen MR) is 57.2 cm³/mol. The summed E-state index contributed by atoms with van der Waals surface area (Å²) in [7, 11) is 0. The topological polar surface area (TPSA) is 107 Å². The Bertz CT molecular complexity index is 229. The smallest absolute Gasteiger partial charge is 0.313 e. The van der Waals surface area contributed by atoms with Crippen molar-refractivity contribution in [2.45, 2.75) is 32.3 Å². The minimum atomic E-state index is -0.951. The number of carbonyl (C=O) groups is 2. The van der Waals surface area contributed by atoms with Gasteiger partial charge in [-0.25, -0.2) is 0 Å². The first kappa shape index (κ1) is 14.9. The van der Waals surface area contributed by atoms with E-state index in [0.29, 0.717) is 25.9 Å². The van der Waals surface area contributed by atoms with Crippen molar-refractivity contribution < 1.29 is 24.9 Å².